The van der Waals surface area contributed by atoms with Crippen LogP contribution in [0.15, 0.2) is 48.5 Å². The van der Waals surface area contributed by atoms with Gasteiger partial charge >= 0.3 is 6.18 Å². The summed E-state index contributed by atoms with van der Waals surface area (Å²) in [6, 6.07) is 12.9. The summed E-state index contributed by atoms with van der Waals surface area (Å²) in [6.07, 6.45) is -4.27. The lowest BCUT2D eigenvalue weighted by Gasteiger charge is -2.08. The third kappa shape index (κ3) is 2.67. The highest BCUT2D eigenvalue weighted by Crippen LogP contribution is 2.31. The molecule has 2 aromatic rings. The number of hydrogen-bond acceptors (Lipinski definition) is 0. The van der Waals surface area contributed by atoms with Crippen LogP contribution in [0, 0.1) is 6.92 Å². The molecule has 0 heterocycles. The van der Waals surface area contributed by atoms with E-state index in [0.29, 0.717) is 0 Å². The van der Waals surface area contributed by atoms with Gasteiger partial charge in [-0.15, -0.1) is 0 Å². The van der Waals surface area contributed by atoms with Crippen molar-refractivity contribution in [3.63, 3.8) is 0 Å². The lowest BCUT2D eigenvalue weighted by atomic mass is 10.0. The maximum atomic E-state index is 12.4. The molecule has 0 unspecified atom stereocenters. The molecule has 0 aliphatic rings. The van der Waals surface area contributed by atoms with Gasteiger partial charge in [0.2, 0.25) is 0 Å². The second-order valence-electron chi connectivity index (χ2n) is 3.94. The molecule has 2 rings (SSSR count). The Bertz CT molecular complexity index is 510. The molecule has 88 valence electrons. The van der Waals surface area contributed by atoms with E-state index in [9.17, 15) is 13.2 Å². The first-order valence-corrected chi connectivity index (χ1v) is 5.21. The van der Waals surface area contributed by atoms with Crippen LogP contribution in [0.2, 0.25) is 0 Å². The maximum Gasteiger partial charge on any atom is 0.416 e. The van der Waals surface area contributed by atoms with E-state index >= 15 is 0 Å². The van der Waals surface area contributed by atoms with Crippen molar-refractivity contribution < 1.29 is 13.2 Å². The zero-order chi connectivity index (χ0) is 12.5. The van der Waals surface area contributed by atoms with E-state index in [0.717, 1.165) is 28.8 Å². The molecule has 0 bridgehead atoms. The summed E-state index contributed by atoms with van der Waals surface area (Å²) in [7, 11) is 0. The zero-order valence-corrected chi connectivity index (χ0v) is 9.25. The van der Waals surface area contributed by atoms with Crippen molar-refractivity contribution in [1.29, 1.82) is 0 Å². The Morgan fingerprint density at radius 2 is 1.47 bits per heavy atom. The molecule has 2 aromatic carbocycles. The summed E-state index contributed by atoms with van der Waals surface area (Å²) in [5.74, 6) is 0. The van der Waals surface area contributed by atoms with Crippen molar-refractivity contribution >= 4 is 0 Å². The van der Waals surface area contributed by atoms with E-state index in [-0.39, 0.29) is 0 Å². The summed E-state index contributed by atoms with van der Waals surface area (Å²) in [5.41, 5.74) is 2.19. The van der Waals surface area contributed by atoms with Gasteiger partial charge in [-0.2, -0.15) is 13.2 Å². The van der Waals surface area contributed by atoms with Gasteiger partial charge in [0.25, 0.3) is 0 Å². The van der Waals surface area contributed by atoms with Gasteiger partial charge in [-0.3, -0.25) is 0 Å². The van der Waals surface area contributed by atoms with Gasteiger partial charge in [0.1, 0.15) is 0 Å². The van der Waals surface area contributed by atoms with E-state index in [1.807, 2.05) is 31.2 Å². The van der Waals surface area contributed by atoms with Gasteiger partial charge in [0.05, 0.1) is 5.56 Å². The third-order valence-corrected chi connectivity index (χ3v) is 2.56. The second-order valence-corrected chi connectivity index (χ2v) is 3.94. The molecule has 0 atom stereocenters. The van der Waals surface area contributed by atoms with E-state index in [2.05, 4.69) is 0 Å². The quantitative estimate of drug-likeness (QED) is 0.674. The Hall–Kier alpha value is -1.77. The smallest absolute Gasteiger partial charge is 0.166 e. The van der Waals surface area contributed by atoms with Gasteiger partial charge in [-0.05, 0) is 30.2 Å². The minimum atomic E-state index is -4.27. The molecule has 0 aromatic heterocycles. The van der Waals surface area contributed by atoms with Crippen molar-refractivity contribution in [2.75, 3.05) is 0 Å². The molecular formula is C14H11F3. The summed E-state index contributed by atoms with van der Waals surface area (Å²) in [6.45, 7) is 1.95. The van der Waals surface area contributed by atoms with Crippen LogP contribution in [0.5, 0.6) is 0 Å². The van der Waals surface area contributed by atoms with Gasteiger partial charge in [0, 0.05) is 0 Å². The Morgan fingerprint density at radius 1 is 0.824 bits per heavy atom. The lowest BCUT2D eigenvalue weighted by molar-refractivity contribution is -0.137. The van der Waals surface area contributed by atoms with Crippen molar-refractivity contribution in [1.82, 2.24) is 0 Å². The molecule has 0 radical (unpaired) electrons. The zero-order valence-electron chi connectivity index (χ0n) is 9.25. The molecule has 0 N–H and O–H groups in total. The van der Waals surface area contributed by atoms with Gasteiger partial charge < -0.3 is 0 Å². The average molecular weight is 236 g/mol. The molecule has 0 amide bonds. The molecule has 0 fully saturated rings. The van der Waals surface area contributed by atoms with Gasteiger partial charge in [0.15, 0.2) is 0 Å². The SMILES string of the molecule is Cc1cccc(-c2ccc(C(F)(F)F)cc2)c1. The van der Waals surface area contributed by atoms with Crippen LogP contribution in [-0.2, 0) is 6.18 Å². The second kappa shape index (κ2) is 4.24. The van der Waals surface area contributed by atoms with Crippen LogP contribution in [0.25, 0.3) is 11.1 Å². The Labute approximate surface area is 97.7 Å². The third-order valence-electron chi connectivity index (χ3n) is 2.56. The van der Waals surface area contributed by atoms with E-state index in [4.69, 9.17) is 0 Å². The van der Waals surface area contributed by atoms with Crippen molar-refractivity contribution in [2.45, 2.75) is 13.1 Å². The molecule has 0 saturated heterocycles. The van der Waals surface area contributed by atoms with Crippen LogP contribution < -0.4 is 0 Å². The number of aryl methyl sites for hydroxylation is 1. The van der Waals surface area contributed by atoms with Crippen LogP contribution in [-0.4, -0.2) is 0 Å². The normalized spacial score (nSPS) is 11.5. The van der Waals surface area contributed by atoms with Crippen molar-refractivity contribution in [3.05, 3.63) is 59.7 Å². The molecule has 17 heavy (non-hydrogen) atoms. The summed E-state index contributed by atoms with van der Waals surface area (Å²) >= 11 is 0. The first-order chi connectivity index (χ1) is 7.97. The number of halogens is 3. The first-order valence-electron chi connectivity index (χ1n) is 5.21. The summed E-state index contributed by atoms with van der Waals surface area (Å²) in [5, 5.41) is 0. The maximum absolute atomic E-state index is 12.4. The average Bonchev–Trinajstić information content (AvgIpc) is 2.28. The van der Waals surface area contributed by atoms with E-state index in [1.54, 1.807) is 0 Å². The molecule has 0 aliphatic heterocycles. The van der Waals surface area contributed by atoms with E-state index < -0.39 is 11.7 Å². The number of benzene rings is 2. The molecular weight excluding hydrogens is 225 g/mol. The molecule has 0 spiro atoms. The largest absolute Gasteiger partial charge is 0.416 e. The van der Waals surface area contributed by atoms with Crippen molar-refractivity contribution in [3.8, 4) is 11.1 Å². The molecule has 0 saturated carbocycles. The van der Waals surface area contributed by atoms with Gasteiger partial charge in [-0.1, -0.05) is 42.0 Å². The highest BCUT2D eigenvalue weighted by atomic mass is 19.4. The fourth-order valence-corrected chi connectivity index (χ4v) is 1.68. The topological polar surface area (TPSA) is 0 Å². The number of alkyl halides is 3. The Kier molecular flexibility index (Phi) is 2.92. The molecule has 3 heteroatoms. The fourth-order valence-electron chi connectivity index (χ4n) is 1.68. The Morgan fingerprint density at radius 3 is 2.00 bits per heavy atom. The van der Waals surface area contributed by atoms with Crippen LogP contribution in [0.4, 0.5) is 13.2 Å². The summed E-state index contributed by atoms with van der Waals surface area (Å²) in [4.78, 5) is 0. The van der Waals surface area contributed by atoms with Crippen LogP contribution in [0.3, 0.4) is 0 Å². The van der Waals surface area contributed by atoms with E-state index in [1.165, 1.54) is 12.1 Å². The minimum Gasteiger partial charge on any atom is -0.166 e. The molecule has 0 nitrogen and oxygen atoms in total. The Balaban J connectivity index is 2.36. The van der Waals surface area contributed by atoms with Crippen LogP contribution in [0.1, 0.15) is 11.1 Å². The van der Waals surface area contributed by atoms with Crippen LogP contribution >= 0.6 is 0 Å². The summed E-state index contributed by atoms with van der Waals surface area (Å²) < 4.78 is 37.2. The first kappa shape index (κ1) is 11.7. The fraction of sp³-hybridized carbons (Fsp3) is 0.143. The highest BCUT2D eigenvalue weighted by molar-refractivity contribution is 5.64. The van der Waals surface area contributed by atoms with Gasteiger partial charge in [-0.25, -0.2) is 0 Å². The standard InChI is InChI=1S/C14H11F3/c1-10-3-2-4-12(9-10)11-5-7-13(8-6-11)14(15,16)17/h2-9H,1H3. The minimum absolute atomic E-state index is 0.617. The highest BCUT2D eigenvalue weighted by Gasteiger charge is 2.29. The lowest BCUT2D eigenvalue weighted by Crippen LogP contribution is -2.03. The number of rotatable bonds is 1. The number of hydrogen-bond donors (Lipinski definition) is 0. The molecule has 0 aliphatic carbocycles. The predicted octanol–water partition coefficient (Wildman–Crippen LogP) is 4.68. The monoisotopic (exact) mass is 236 g/mol. The predicted molar refractivity (Wildman–Crippen MR) is 61.6 cm³/mol. The van der Waals surface area contributed by atoms with Crippen molar-refractivity contribution in [2.24, 2.45) is 0 Å².